The molecule has 0 radical (unpaired) electrons. The van der Waals surface area contributed by atoms with Gasteiger partial charge in [0.25, 0.3) is 5.69 Å². The maximum atomic E-state index is 10.8. The van der Waals surface area contributed by atoms with E-state index in [9.17, 15) is 15.2 Å². The van der Waals surface area contributed by atoms with E-state index >= 15 is 0 Å². The largest absolute Gasteiger partial charge is 0.507 e. The van der Waals surface area contributed by atoms with Crippen molar-refractivity contribution in [1.82, 2.24) is 4.98 Å². The van der Waals surface area contributed by atoms with E-state index in [0.29, 0.717) is 5.82 Å². The lowest BCUT2D eigenvalue weighted by Gasteiger charge is -2.05. The second-order valence-electron chi connectivity index (χ2n) is 5.21. The lowest BCUT2D eigenvalue weighted by atomic mass is 10.1. The Labute approximate surface area is 137 Å². The average molecular weight is 322 g/mol. The predicted octanol–water partition coefficient (Wildman–Crippen LogP) is 3.60. The van der Waals surface area contributed by atoms with Crippen LogP contribution in [0.1, 0.15) is 11.1 Å². The number of aromatic nitrogens is 1. The molecule has 0 fully saturated rings. The molecule has 0 atom stereocenters. The summed E-state index contributed by atoms with van der Waals surface area (Å²) in [5.74, 6) is 0.459. The minimum Gasteiger partial charge on any atom is -0.507 e. The van der Waals surface area contributed by atoms with Gasteiger partial charge in [-0.2, -0.15) is 5.10 Å². The predicted molar refractivity (Wildman–Crippen MR) is 92.5 cm³/mol. The zero-order chi connectivity index (χ0) is 17.1. The summed E-state index contributed by atoms with van der Waals surface area (Å²) < 4.78 is 0. The molecule has 0 amide bonds. The third kappa shape index (κ3) is 3.14. The van der Waals surface area contributed by atoms with E-state index < -0.39 is 4.92 Å². The molecule has 0 spiro atoms. The number of anilines is 1. The summed E-state index contributed by atoms with van der Waals surface area (Å²) >= 11 is 0. The first-order valence-electron chi connectivity index (χ1n) is 7.17. The van der Waals surface area contributed by atoms with Crippen LogP contribution in [0, 0.1) is 17.0 Å². The van der Waals surface area contributed by atoms with Gasteiger partial charge in [0.15, 0.2) is 0 Å². The Kier molecular flexibility index (Phi) is 4.07. The highest BCUT2D eigenvalue weighted by Crippen LogP contribution is 2.22. The molecule has 0 aliphatic rings. The van der Waals surface area contributed by atoms with Crippen LogP contribution in [-0.2, 0) is 0 Å². The first kappa shape index (κ1) is 15.4. The lowest BCUT2D eigenvalue weighted by Crippen LogP contribution is -1.96. The molecule has 7 nitrogen and oxygen atoms in total. The Morgan fingerprint density at radius 3 is 2.83 bits per heavy atom. The summed E-state index contributed by atoms with van der Waals surface area (Å²) in [5, 5.41) is 25.6. The van der Waals surface area contributed by atoms with Crippen molar-refractivity contribution in [1.29, 1.82) is 0 Å². The number of fused-ring (bicyclic) bond motifs is 1. The fraction of sp³-hybridized carbons (Fsp3) is 0.0588. The molecule has 2 aromatic carbocycles. The van der Waals surface area contributed by atoms with Gasteiger partial charge in [0, 0.05) is 23.1 Å². The zero-order valence-corrected chi connectivity index (χ0v) is 12.8. The number of hydrazone groups is 1. The Morgan fingerprint density at radius 1 is 1.25 bits per heavy atom. The number of nitro groups is 1. The van der Waals surface area contributed by atoms with Gasteiger partial charge >= 0.3 is 0 Å². The maximum absolute atomic E-state index is 10.8. The van der Waals surface area contributed by atoms with Crippen LogP contribution in [0.2, 0.25) is 0 Å². The molecule has 0 unspecified atom stereocenters. The molecule has 7 heteroatoms. The van der Waals surface area contributed by atoms with E-state index in [-0.39, 0.29) is 17.0 Å². The third-order valence-corrected chi connectivity index (χ3v) is 3.53. The van der Waals surface area contributed by atoms with Gasteiger partial charge in [0.2, 0.25) is 0 Å². The molecule has 0 aliphatic heterocycles. The zero-order valence-electron chi connectivity index (χ0n) is 12.8. The van der Waals surface area contributed by atoms with E-state index in [4.69, 9.17) is 0 Å². The van der Waals surface area contributed by atoms with E-state index in [1.54, 1.807) is 0 Å². The number of rotatable bonds is 4. The highest BCUT2D eigenvalue weighted by atomic mass is 16.6. The van der Waals surface area contributed by atoms with Crippen LogP contribution < -0.4 is 5.43 Å². The quantitative estimate of drug-likeness (QED) is 0.434. The van der Waals surface area contributed by atoms with Crippen LogP contribution in [0.15, 0.2) is 53.6 Å². The van der Waals surface area contributed by atoms with Crippen molar-refractivity contribution < 1.29 is 10.0 Å². The van der Waals surface area contributed by atoms with E-state index in [1.165, 1.54) is 24.4 Å². The number of para-hydroxylation sites is 1. The topological polar surface area (TPSA) is 101 Å². The van der Waals surface area contributed by atoms with Crippen LogP contribution in [0.3, 0.4) is 0 Å². The van der Waals surface area contributed by atoms with Gasteiger partial charge in [0.1, 0.15) is 11.6 Å². The van der Waals surface area contributed by atoms with Gasteiger partial charge in [-0.15, -0.1) is 0 Å². The smallest absolute Gasteiger partial charge is 0.270 e. The minimum absolute atomic E-state index is 0.0891. The van der Waals surface area contributed by atoms with Crippen molar-refractivity contribution in [2.24, 2.45) is 5.10 Å². The Balaban J connectivity index is 1.84. The highest BCUT2D eigenvalue weighted by Gasteiger charge is 2.08. The Hall–Kier alpha value is -3.48. The summed E-state index contributed by atoms with van der Waals surface area (Å²) in [6.45, 7) is 1.98. The number of nitro benzene ring substituents is 1. The highest BCUT2D eigenvalue weighted by molar-refractivity contribution is 5.86. The first-order valence-corrected chi connectivity index (χ1v) is 7.17. The molecule has 0 aliphatic carbocycles. The number of aryl methyl sites for hydroxylation is 1. The number of phenols is 1. The Morgan fingerprint density at radius 2 is 2.04 bits per heavy atom. The van der Waals surface area contributed by atoms with Crippen molar-refractivity contribution in [3.05, 3.63) is 69.8 Å². The second kappa shape index (κ2) is 6.33. The van der Waals surface area contributed by atoms with E-state index in [2.05, 4.69) is 15.5 Å². The molecular formula is C17H14N4O3. The third-order valence-electron chi connectivity index (χ3n) is 3.53. The minimum atomic E-state index is -0.529. The number of pyridine rings is 1. The maximum Gasteiger partial charge on any atom is 0.270 e. The van der Waals surface area contributed by atoms with Crippen LogP contribution in [0.4, 0.5) is 11.5 Å². The number of non-ortho nitro benzene ring substituents is 1. The van der Waals surface area contributed by atoms with Crippen molar-refractivity contribution in [2.45, 2.75) is 6.92 Å². The fourth-order valence-electron chi connectivity index (χ4n) is 2.33. The number of nitrogens with zero attached hydrogens (tertiary/aromatic N) is 3. The number of phenolic OH excluding ortho intramolecular Hbond substituents is 1. The van der Waals surface area contributed by atoms with Gasteiger partial charge in [-0.1, -0.05) is 18.2 Å². The van der Waals surface area contributed by atoms with Crippen LogP contribution >= 0.6 is 0 Å². The van der Waals surface area contributed by atoms with Crippen molar-refractivity contribution in [3.63, 3.8) is 0 Å². The van der Waals surface area contributed by atoms with Gasteiger partial charge in [-0.25, -0.2) is 4.98 Å². The number of nitrogens with one attached hydrogen (secondary N) is 1. The first-order chi connectivity index (χ1) is 11.5. The number of hydrogen-bond donors (Lipinski definition) is 2. The SMILES string of the molecule is Cc1cc(N/N=C/c2cc([N+](=O)[O-])ccc2O)nc2ccccc12. The number of aromatic hydroxyl groups is 1. The van der Waals surface area contributed by atoms with Crippen molar-refractivity contribution >= 4 is 28.6 Å². The molecule has 0 bridgehead atoms. The lowest BCUT2D eigenvalue weighted by molar-refractivity contribution is -0.384. The van der Waals surface area contributed by atoms with E-state index in [0.717, 1.165) is 16.5 Å². The summed E-state index contributed by atoms with van der Waals surface area (Å²) in [5.41, 5.74) is 4.80. The van der Waals surface area contributed by atoms with Gasteiger partial charge in [-0.05, 0) is 30.7 Å². The van der Waals surface area contributed by atoms with E-state index in [1.807, 2.05) is 37.3 Å². The van der Waals surface area contributed by atoms with Gasteiger partial charge in [0.05, 0.1) is 16.7 Å². The summed E-state index contributed by atoms with van der Waals surface area (Å²) in [4.78, 5) is 14.7. The summed E-state index contributed by atoms with van der Waals surface area (Å²) in [7, 11) is 0. The van der Waals surface area contributed by atoms with Gasteiger partial charge in [-0.3, -0.25) is 15.5 Å². The Bertz CT molecular complexity index is 954. The summed E-state index contributed by atoms with van der Waals surface area (Å²) in [6.07, 6.45) is 1.31. The standard InChI is InChI=1S/C17H14N4O3/c1-11-8-17(19-15-5-3-2-4-14(11)15)20-18-10-12-9-13(21(23)24)6-7-16(12)22/h2-10,22H,1H3,(H,19,20)/b18-10+. The normalized spacial score (nSPS) is 11.0. The molecule has 0 saturated carbocycles. The second-order valence-corrected chi connectivity index (χ2v) is 5.21. The van der Waals surface area contributed by atoms with Crippen LogP contribution in [0.25, 0.3) is 10.9 Å². The molecule has 3 aromatic rings. The molecule has 3 rings (SSSR count). The molecule has 1 aromatic heterocycles. The monoisotopic (exact) mass is 322 g/mol. The fourth-order valence-corrected chi connectivity index (χ4v) is 2.33. The molecular weight excluding hydrogens is 308 g/mol. The number of benzene rings is 2. The number of hydrogen-bond acceptors (Lipinski definition) is 6. The van der Waals surface area contributed by atoms with Crippen molar-refractivity contribution in [3.8, 4) is 5.75 Å². The molecule has 120 valence electrons. The molecule has 2 N–H and O–H groups in total. The summed E-state index contributed by atoms with van der Waals surface area (Å²) in [6, 6.07) is 13.4. The average Bonchev–Trinajstić information content (AvgIpc) is 2.56. The molecule has 0 saturated heterocycles. The van der Waals surface area contributed by atoms with Crippen LogP contribution in [-0.4, -0.2) is 21.2 Å². The van der Waals surface area contributed by atoms with Gasteiger partial charge < -0.3 is 5.11 Å². The van der Waals surface area contributed by atoms with Crippen LogP contribution in [0.5, 0.6) is 5.75 Å². The molecule has 24 heavy (non-hydrogen) atoms. The molecule has 1 heterocycles. The van der Waals surface area contributed by atoms with Crippen molar-refractivity contribution in [2.75, 3.05) is 5.43 Å².